The minimum Gasteiger partial charge on any atom is -0.491 e. The van der Waals surface area contributed by atoms with Crippen LogP contribution in [0, 0.1) is 18.6 Å². The number of aryl methyl sites for hydroxylation is 1. The standard InChI is InChI=1S/C21H27F2N3O2/c1-15-4-5-17(20(10-15)28-9-8-27-3)14-26-21(24-2)25-7-6-16-11-18(22)13-19(23)12-16/h4-5,10-13H,6-9,14H2,1-3H3,(H2,24,25,26). The molecule has 0 saturated carbocycles. The number of methoxy groups -OCH3 is 1. The number of guanidine groups is 1. The normalized spacial score (nSPS) is 11.4. The van der Waals surface area contributed by atoms with Crippen molar-refractivity contribution in [2.45, 2.75) is 19.9 Å². The molecule has 0 spiro atoms. The Balaban J connectivity index is 1.88. The Bertz CT molecular complexity index is 777. The molecule has 2 aromatic rings. The molecule has 2 rings (SSSR count). The molecule has 0 aliphatic heterocycles. The summed E-state index contributed by atoms with van der Waals surface area (Å²) >= 11 is 0. The molecule has 2 N–H and O–H groups in total. The Labute approximate surface area is 164 Å². The van der Waals surface area contributed by atoms with Crippen LogP contribution in [0.25, 0.3) is 0 Å². The Morgan fingerprint density at radius 3 is 2.46 bits per heavy atom. The Morgan fingerprint density at radius 2 is 1.79 bits per heavy atom. The van der Waals surface area contributed by atoms with Gasteiger partial charge in [0.05, 0.1) is 6.61 Å². The molecule has 0 heterocycles. The van der Waals surface area contributed by atoms with E-state index in [9.17, 15) is 8.78 Å². The third kappa shape index (κ3) is 7.15. The molecular formula is C21H27F2N3O2. The average molecular weight is 391 g/mol. The molecular weight excluding hydrogens is 364 g/mol. The smallest absolute Gasteiger partial charge is 0.191 e. The maximum absolute atomic E-state index is 13.2. The van der Waals surface area contributed by atoms with Gasteiger partial charge in [-0.3, -0.25) is 4.99 Å². The van der Waals surface area contributed by atoms with E-state index in [2.05, 4.69) is 15.6 Å². The summed E-state index contributed by atoms with van der Waals surface area (Å²) in [6.45, 7) is 4.02. The lowest BCUT2D eigenvalue weighted by atomic mass is 10.1. The van der Waals surface area contributed by atoms with Gasteiger partial charge < -0.3 is 20.1 Å². The highest BCUT2D eigenvalue weighted by atomic mass is 19.1. The van der Waals surface area contributed by atoms with Crippen LogP contribution in [-0.2, 0) is 17.7 Å². The molecule has 0 fully saturated rings. The van der Waals surface area contributed by atoms with Crippen molar-refractivity contribution in [1.29, 1.82) is 0 Å². The first kappa shape index (κ1) is 21.6. The second-order valence-electron chi connectivity index (χ2n) is 6.33. The lowest BCUT2D eigenvalue weighted by molar-refractivity contribution is 0.145. The largest absolute Gasteiger partial charge is 0.491 e. The second-order valence-corrected chi connectivity index (χ2v) is 6.33. The number of halogens is 2. The number of rotatable bonds is 9. The number of aliphatic imine (C=N–C) groups is 1. The molecule has 0 unspecified atom stereocenters. The average Bonchev–Trinajstić information content (AvgIpc) is 2.65. The number of nitrogens with zero attached hydrogens (tertiary/aromatic N) is 1. The number of ether oxygens (including phenoxy) is 2. The van der Waals surface area contributed by atoms with Crippen LogP contribution >= 0.6 is 0 Å². The van der Waals surface area contributed by atoms with Crippen LogP contribution in [0.4, 0.5) is 8.78 Å². The topological polar surface area (TPSA) is 54.9 Å². The van der Waals surface area contributed by atoms with Crippen LogP contribution in [-0.4, -0.2) is 39.9 Å². The summed E-state index contributed by atoms with van der Waals surface area (Å²) in [5.41, 5.74) is 2.70. The van der Waals surface area contributed by atoms with E-state index in [1.54, 1.807) is 14.2 Å². The van der Waals surface area contributed by atoms with Crippen molar-refractivity contribution >= 4 is 5.96 Å². The highest BCUT2D eigenvalue weighted by Gasteiger charge is 2.07. The van der Waals surface area contributed by atoms with Crippen molar-refractivity contribution in [3.8, 4) is 5.75 Å². The summed E-state index contributed by atoms with van der Waals surface area (Å²) in [6.07, 6.45) is 0.477. The molecule has 5 nitrogen and oxygen atoms in total. The minimum atomic E-state index is -0.571. The van der Waals surface area contributed by atoms with Gasteiger partial charge >= 0.3 is 0 Å². The van der Waals surface area contributed by atoms with Crippen molar-refractivity contribution in [1.82, 2.24) is 10.6 Å². The van der Waals surface area contributed by atoms with Gasteiger partial charge in [-0.2, -0.15) is 0 Å². The predicted octanol–water partition coefficient (Wildman–Crippen LogP) is 3.21. The van der Waals surface area contributed by atoms with Gasteiger partial charge in [-0.1, -0.05) is 12.1 Å². The lowest BCUT2D eigenvalue weighted by Gasteiger charge is -2.15. The zero-order valence-electron chi connectivity index (χ0n) is 16.5. The van der Waals surface area contributed by atoms with Crippen LogP contribution in [0.3, 0.4) is 0 Å². The van der Waals surface area contributed by atoms with E-state index in [-0.39, 0.29) is 0 Å². The van der Waals surface area contributed by atoms with E-state index < -0.39 is 11.6 Å². The first-order valence-corrected chi connectivity index (χ1v) is 9.12. The molecule has 0 aromatic heterocycles. The van der Waals surface area contributed by atoms with Crippen LogP contribution < -0.4 is 15.4 Å². The van der Waals surface area contributed by atoms with Crippen LogP contribution in [0.1, 0.15) is 16.7 Å². The number of benzene rings is 2. The summed E-state index contributed by atoms with van der Waals surface area (Å²) in [5, 5.41) is 6.37. The number of hydrogen-bond acceptors (Lipinski definition) is 3. The van der Waals surface area contributed by atoms with Crippen LogP contribution in [0.2, 0.25) is 0 Å². The van der Waals surface area contributed by atoms with E-state index in [1.165, 1.54) is 12.1 Å². The van der Waals surface area contributed by atoms with E-state index in [0.717, 1.165) is 22.9 Å². The van der Waals surface area contributed by atoms with Gasteiger partial charge in [0.1, 0.15) is 24.0 Å². The first-order chi connectivity index (χ1) is 13.5. The summed E-state index contributed by atoms with van der Waals surface area (Å²) in [6, 6.07) is 9.54. The zero-order chi connectivity index (χ0) is 20.4. The maximum atomic E-state index is 13.2. The number of nitrogens with one attached hydrogen (secondary N) is 2. The highest BCUT2D eigenvalue weighted by molar-refractivity contribution is 5.79. The third-order valence-electron chi connectivity index (χ3n) is 4.07. The van der Waals surface area contributed by atoms with Gasteiger partial charge in [-0.25, -0.2) is 8.78 Å². The van der Waals surface area contributed by atoms with Gasteiger partial charge in [-0.15, -0.1) is 0 Å². The van der Waals surface area contributed by atoms with Crippen LogP contribution in [0.15, 0.2) is 41.4 Å². The van der Waals surface area contributed by atoms with Gasteiger partial charge in [0.2, 0.25) is 0 Å². The summed E-state index contributed by atoms with van der Waals surface area (Å²) < 4.78 is 37.3. The SMILES string of the molecule is CN=C(NCCc1cc(F)cc(F)c1)NCc1ccc(C)cc1OCCOC. The second kappa shape index (κ2) is 11.2. The maximum Gasteiger partial charge on any atom is 0.191 e. The van der Waals surface area contributed by atoms with E-state index >= 15 is 0 Å². The van der Waals surface area contributed by atoms with E-state index in [1.807, 2.05) is 25.1 Å². The molecule has 28 heavy (non-hydrogen) atoms. The molecule has 7 heteroatoms. The Kier molecular flexibility index (Phi) is 8.68. The third-order valence-corrected chi connectivity index (χ3v) is 4.07. The fourth-order valence-corrected chi connectivity index (χ4v) is 2.66. The van der Waals surface area contributed by atoms with Crippen molar-refractivity contribution in [2.75, 3.05) is 33.9 Å². The lowest BCUT2D eigenvalue weighted by Crippen LogP contribution is -2.38. The zero-order valence-corrected chi connectivity index (χ0v) is 16.5. The molecule has 0 atom stereocenters. The highest BCUT2D eigenvalue weighted by Crippen LogP contribution is 2.20. The first-order valence-electron chi connectivity index (χ1n) is 9.12. The fourth-order valence-electron chi connectivity index (χ4n) is 2.66. The molecule has 0 bridgehead atoms. The van der Waals surface area contributed by atoms with Crippen molar-refractivity contribution < 1.29 is 18.3 Å². The Morgan fingerprint density at radius 1 is 1.04 bits per heavy atom. The Hall–Kier alpha value is -2.67. The van der Waals surface area contributed by atoms with Gasteiger partial charge in [0, 0.05) is 38.9 Å². The van der Waals surface area contributed by atoms with Crippen LogP contribution in [0.5, 0.6) is 5.75 Å². The predicted molar refractivity (Wildman–Crippen MR) is 107 cm³/mol. The quantitative estimate of drug-likeness (QED) is 0.392. The fraction of sp³-hybridized carbons (Fsp3) is 0.381. The van der Waals surface area contributed by atoms with Crippen molar-refractivity contribution in [2.24, 2.45) is 4.99 Å². The van der Waals surface area contributed by atoms with Crippen molar-refractivity contribution in [3.05, 3.63) is 64.7 Å². The molecule has 152 valence electrons. The summed E-state index contributed by atoms with van der Waals surface area (Å²) in [4.78, 5) is 4.18. The molecule has 0 aliphatic rings. The summed E-state index contributed by atoms with van der Waals surface area (Å²) in [7, 11) is 3.30. The van der Waals surface area contributed by atoms with Crippen molar-refractivity contribution in [3.63, 3.8) is 0 Å². The minimum absolute atomic E-state index is 0.476. The van der Waals surface area contributed by atoms with E-state index in [4.69, 9.17) is 9.47 Å². The van der Waals surface area contributed by atoms with Gasteiger partial charge in [0.25, 0.3) is 0 Å². The van der Waals surface area contributed by atoms with Gasteiger partial charge in [0.15, 0.2) is 5.96 Å². The van der Waals surface area contributed by atoms with Gasteiger partial charge in [-0.05, 0) is 42.7 Å². The monoisotopic (exact) mass is 391 g/mol. The molecule has 0 amide bonds. The molecule has 0 saturated heterocycles. The molecule has 0 radical (unpaired) electrons. The molecule has 2 aromatic carbocycles. The molecule has 0 aliphatic carbocycles. The number of hydrogen-bond donors (Lipinski definition) is 2. The summed E-state index contributed by atoms with van der Waals surface area (Å²) in [5.74, 6) is 0.256. The van der Waals surface area contributed by atoms with E-state index in [0.29, 0.717) is 44.2 Å².